The number of nitrogens with two attached hydrogens (primary N) is 1. The molecule has 0 aliphatic carbocycles. The van der Waals surface area contributed by atoms with Crippen LogP contribution in [0.4, 0.5) is 0 Å². The highest BCUT2D eigenvalue weighted by Crippen LogP contribution is 2.10. The second kappa shape index (κ2) is 7.06. The predicted octanol–water partition coefficient (Wildman–Crippen LogP) is 0.701. The first-order valence-corrected chi connectivity index (χ1v) is 6.25. The van der Waals surface area contributed by atoms with Crippen molar-refractivity contribution in [1.29, 1.82) is 0 Å². The standard InChI is InChI=1S/C12H14ClN3O2S/c1-16(7-8-2-4-9(13)5-3-8)12(18)11(17)15-6-10(14)19/h2-5H,6-7H2,1H3,(H2,14,19)(H,15,17). The molecule has 3 N–H and O–H groups in total. The molecule has 1 rings (SSSR count). The molecule has 0 fully saturated rings. The summed E-state index contributed by atoms with van der Waals surface area (Å²) in [6.45, 7) is 0.325. The molecule has 1 aromatic carbocycles. The van der Waals surface area contributed by atoms with Crippen molar-refractivity contribution >= 4 is 40.6 Å². The van der Waals surface area contributed by atoms with E-state index in [0.717, 1.165) is 5.56 Å². The number of thiocarbonyl (C=S) groups is 1. The molecule has 0 bridgehead atoms. The van der Waals surface area contributed by atoms with Crippen LogP contribution < -0.4 is 11.1 Å². The maximum Gasteiger partial charge on any atom is 0.311 e. The van der Waals surface area contributed by atoms with Gasteiger partial charge in [0, 0.05) is 18.6 Å². The van der Waals surface area contributed by atoms with E-state index in [1.807, 2.05) is 0 Å². The summed E-state index contributed by atoms with van der Waals surface area (Å²) in [5.41, 5.74) is 6.11. The highest BCUT2D eigenvalue weighted by Gasteiger charge is 2.18. The van der Waals surface area contributed by atoms with E-state index in [1.54, 1.807) is 24.3 Å². The number of carbonyl (C=O) groups is 2. The molecule has 5 nitrogen and oxygen atoms in total. The fraction of sp³-hybridized carbons (Fsp3) is 0.250. The van der Waals surface area contributed by atoms with Crippen LogP contribution in [0.1, 0.15) is 5.56 Å². The molecule has 0 unspecified atom stereocenters. The van der Waals surface area contributed by atoms with Crippen LogP contribution in [0, 0.1) is 0 Å². The smallest absolute Gasteiger partial charge is 0.311 e. The number of rotatable bonds is 4. The molecule has 0 saturated carbocycles. The van der Waals surface area contributed by atoms with Crippen LogP contribution in [0.2, 0.25) is 5.02 Å². The third-order valence-corrected chi connectivity index (χ3v) is 2.69. The van der Waals surface area contributed by atoms with Gasteiger partial charge in [0.2, 0.25) is 0 Å². The van der Waals surface area contributed by atoms with E-state index in [-0.39, 0.29) is 11.5 Å². The Hall–Kier alpha value is -1.66. The normalized spacial score (nSPS) is 9.79. The van der Waals surface area contributed by atoms with Crippen molar-refractivity contribution in [2.45, 2.75) is 6.54 Å². The third kappa shape index (κ3) is 5.23. The molecule has 7 heteroatoms. The van der Waals surface area contributed by atoms with E-state index in [1.165, 1.54) is 11.9 Å². The number of halogens is 1. The Morgan fingerprint density at radius 2 is 1.95 bits per heavy atom. The number of hydrogen-bond acceptors (Lipinski definition) is 3. The van der Waals surface area contributed by atoms with E-state index in [9.17, 15) is 9.59 Å². The second-order valence-corrected chi connectivity index (χ2v) is 4.90. The Morgan fingerprint density at radius 3 is 2.47 bits per heavy atom. The van der Waals surface area contributed by atoms with E-state index < -0.39 is 11.8 Å². The first-order chi connectivity index (χ1) is 8.90. The molecule has 0 heterocycles. The lowest BCUT2D eigenvalue weighted by molar-refractivity contribution is -0.145. The van der Waals surface area contributed by atoms with Crippen molar-refractivity contribution in [3.63, 3.8) is 0 Å². The number of amides is 2. The van der Waals surface area contributed by atoms with Gasteiger partial charge in [0.25, 0.3) is 0 Å². The molecule has 2 amide bonds. The number of nitrogens with zero attached hydrogens (tertiary/aromatic N) is 1. The Labute approximate surface area is 121 Å². The zero-order valence-electron chi connectivity index (χ0n) is 10.4. The van der Waals surface area contributed by atoms with Gasteiger partial charge < -0.3 is 16.0 Å². The average molecular weight is 300 g/mol. The predicted molar refractivity (Wildman–Crippen MR) is 77.7 cm³/mol. The van der Waals surface area contributed by atoms with Crippen LogP contribution >= 0.6 is 23.8 Å². The van der Waals surface area contributed by atoms with Gasteiger partial charge in [0.05, 0.1) is 11.5 Å². The van der Waals surface area contributed by atoms with Gasteiger partial charge in [0.1, 0.15) is 0 Å². The Bertz CT molecular complexity index is 490. The second-order valence-electron chi connectivity index (χ2n) is 3.94. The van der Waals surface area contributed by atoms with Gasteiger partial charge in [-0.25, -0.2) is 0 Å². The number of carbonyl (C=O) groups excluding carboxylic acids is 2. The lowest BCUT2D eigenvalue weighted by atomic mass is 10.2. The summed E-state index contributed by atoms with van der Waals surface area (Å²) >= 11 is 10.4. The Morgan fingerprint density at radius 1 is 1.37 bits per heavy atom. The van der Waals surface area contributed by atoms with Crippen molar-refractivity contribution in [2.24, 2.45) is 5.73 Å². The highest BCUT2D eigenvalue weighted by atomic mass is 35.5. The number of nitrogens with one attached hydrogen (secondary N) is 1. The zero-order chi connectivity index (χ0) is 14.4. The monoisotopic (exact) mass is 299 g/mol. The molecule has 0 radical (unpaired) electrons. The van der Waals surface area contributed by atoms with Gasteiger partial charge in [-0.3, -0.25) is 9.59 Å². The molecule has 0 aromatic heterocycles. The summed E-state index contributed by atoms with van der Waals surface area (Å²) in [7, 11) is 1.54. The summed E-state index contributed by atoms with van der Waals surface area (Å²) < 4.78 is 0. The van der Waals surface area contributed by atoms with Gasteiger partial charge in [-0.05, 0) is 17.7 Å². The van der Waals surface area contributed by atoms with E-state index in [0.29, 0.717) is 11.6 Å². The Balaban J connectivity index is 2.54. The molecule has 1 aromatic rings. The van der Waals surface area contributed by atoms with Gasteiger partial charge in [-0.1, -0.05) is 36.0 Å². The van der Waals surface area contributed by atoms with Crippen LogP contribution in [-0.2, 0) is 16.1 Å². The van der Waals surface area contributed by atoms with Crippen molar-refractivity contribution in [2.75, 3.05) is 13.6 Å². The summed E-state index contributed by atoms with van der Waals surface area (Å²) in [4.78, 5) is 24.7. The Kier molecular flexibility index (Phi) is 5.72. The molecule has 0 aliphatic heterocycles. The lowest BCUT2D eigenvalue weighted by Gasteiger charge is -2.16. The van der Waals surface area contributed by atoms with Crippen LogP contribution in [0.5, 0.6) is 0 Å². The quantitative estimate of drug-likeness (QED) is 0.634. The van der Waals surface area contributed by atoms with Crippen molar-refractivity contribution in [1.82, 2.24) is 10.2 Å². The minimum Gasteiger partial charge on any atom is -0.392 e. The van der Waals surface area contributed by atoms with Crippen LogP contribution in [0.15, 0.2) is 24.3 Å². The molecule has 102 valence electrons. The maximum absolute atomic E-state index is 11.7. The lowest BCUT2D eigenvalue weighted by Crippen LogP contribution is -2.43. The highest BCUT2D eigenvalue weighted by molar-refractivity contribution is 7.80. The minimum absolute atomic E-state index is 0.00862. The fourth-order valence-corrected chi connectivity index (χ4v) is 1.55. The first-order valence-electron chi connectivity index (χ1n) is 5.46. The van der Waals surface area contributed by atoms with Gasteiger partial charge in [-0.15, -0.1) is 0 Å². The van der Waals surface area contributed by atoms with Gasteiger partial charge in [0.15, 0.2) is 0 Å². The summed E-state index contributed by atoms with van der Waals surface area (Å²) in [5, 5.41) is 2.96. The molecule has 0 atom stereocenters. The first kappa shape index (κ1) is 15.4. The zero-order valence-corrected chi connectivity index (χ0v) is 11.9. The number of benzene rings is 1. The van der Waals surface area contributed by atoms with Crippen LogP contribution in [0.3, 0.4) is 0 Å². The summed E-state index contributed by atoms with van der Waals surface area (Å²) in [6, 6.07) is 7.03. The molecule has 0 saturated heterocycles. The maximum atomic E-state index is 11.7. The van der Waals surface area contributed by atoms with Gasteiger partial charge in [-0.2, -0.15) is 0 Å². The van der Waals surface area contributed by atoms with Crippen LogP contribution in [0.25, 0.3) is 0 Å². The van der Waals surface area contributed by atoms with Crippen molar-refractivity contribution in [3.8, 4) is 0 Å². The van der Waals surface area contributed by atoms with Crippen LogP contribution in [-0.4, -0.2) is 35.3 Å². The third-order valence-electron chi connectivity index (χ3n) is 2.30. The molecular weight excluding hydrogens is 286 g/mol. The minimum atomic E-state index is -0.732. The van der Waals surface area contributed by atoms with Gasteiger partial charge >= 0.3 is 11.8 Å². The number of likely N-dealkylation sites (N-methyl/N-ethyl adjacent to an activating group) is 1. The SMILES string of the molecule is CN(Cc1ccc(Cl)cc1)C(=O)C(=O)NCC(N)=S. The van der Waals surface area contributed by atoms with E-state index >= 15 is 0 Å². The topological polar surface area (TPSA) is 75.4 Å². The molecule has 19 heavy (non-hydrogen) atoms. The average Bonchev–Trinajstić information content (AvgIpc) is 2.37. The van der Waals surface area contributed by atoms with Crippen molar-refractivity contribution in [3.05, 3.63) is 34.9 Å². The summed E-state index contributed by atoms with van der Waals surface area (Å²) in [5.74, 6) is -1.38. The molecule has 0 aliphatic rings. The fourth-order valence-electron chi connectivity index (χ4n) is 1.35. The summed E-state index contributed by atoms with van der Waals surface area (Å²) in [6.07, 6.45) is 0. The molecular formula is C12H14ClN3O2S. The number of hydrogen-bond donors (Lipinski definition) is 2. The largest absolute Gasteiger partial charge is 0.392 e. The van der Waals surface area contributed by atoms with E-state index in [2.05, 4.69) is 17.5 Å². The van der Waals surface area contributed by atoms with E-state index in [4.69, 9.17) is 17.3 Å². The molecule has 0 spiro atoms. The van der Waals surface area contributed by atoms with Crippen molar-refractivity contribution < 1.29 is 9.59 Å².